The molecule has 1 rings (SSSR count). The molecular formula is C15H22BrN3O2. The minimum atomic E-state index is -0.227. The molecule has 6 heteroatoms. The molecule has 21 heavy (non-hydrogen) atoms. The molecule has 116 valence electrons. The van der Waals surface area contributed by atoms with Gasteiger partial charge < -0.3 is 16.0 Å². The molecule has 0 saturated heterocycles. The zero-order valence-electron chi connectivity index (χ0n) is 12.6. The zero-order valence-corrected chi connectivity index (χ0v) is 14.2. The topological polar surface area (TPSA) is 70.2 Å². The van der Waals surface area contributed by atoms with Crippen molar-refractivity contribution in [1.29, 1.82) is 0 Å². The van der Waals surface area contributed by atoms with Gasteiger partial charge in [-0.15, -0.1) is 0 Å². The van der Waals surface area contributed by atoms with E-state index in [-0.39, 0.29) is 23.9 Å². The molecule has 0 fully saturated rings. The summed E-state index contributed by atoms with van der Waals surface area (Å²) in [5.74, 6) is -0.160. The Hall–Kier alpha value is -1.40. The van der Waals surface area contributed by atoms with Crippen molar-refractivity contribution < 1.29 is 9.59 Å². The zero-order chi connectivity index (χ0) is 15.9. The molecule has 5 nitrogen and oxygen atoms in total. The fourth-order valence-electron chi connectivity index (χ4n) is 1.66. The Balaban J connectivity index is 2.21. The van der Waals surface area contributed by atoms with Gasteiger partial charge in [0.05, 0.1) is 6.54 Å². The molecule has 2 amide bonds. The van der Waals surface area contributed by atoms with Gasteiger partial charge in [0.15, 0.2) is 0 Å². The third-order valence-corrected chi connectivity index (χ3v) is 2.93. The molecule has 0 aromatic heterocycles. The van der Waals surface area contributed by atoms with E-state index in [4.69, 9.17) is 0 Å². The van der Waals surface area contributed by atoms with Gasteiger partial charge in [-0.05, 0) is 39.0 Å². The Labute approximate surface area is 134 Å². The minimum absolute atomic E-state index is 0.0256. The van der Waals surface area contributed by atoms with Gasteiger partial charge in [-0.25, -0.2) is 0 Å². The van der Waals surface area contributed by atoms with Crippen LogP contribution in [-0.2, 0) is 9.59 Å². The van der Waals surface area contributed by atoms with Crippen molar-refractivity contribution in [2.24, 2.45) is 0 Å². The van der Waals surface area contributed by atoms with Crippen molar-refractivity contribution in [1.82, 2.24) is 10.6 Å². The number of halogens is 1. The highest BCUT2D eigenvalue weighted by molar-refractivity contribution is 9.10. The lowest BCUT2D eigenvalue weighted by molar-refractivity contribution is -0.122. The van der Waals surface area contributed by atoms with E-state index < -0.39 is 0 Å². The molecule has 1 aromatic carbocycles. The van der Waals surface area contributed by atoms with Crippen LogP contribution in [0.1, 0.15) is 27.2 Å². The van der Waals surface area contributed by atoms with Crippen LogP contribution in [0.5, 0.6) is 0 Å². The predicted octanol–water partition coefficient (Wildman–Crippen LogP) is 2.28. The first-order valence-electron chi connectivity index (χ1n) is 6.83. The number of amides is 2. The summed E-state index contributed by atoms with van der Waals surface area (Å²) >= 11 is 3.34. The maximum Gasteiger partial charge on any atom is 0.238 e. The maximum absolute atomic E-state index is 11.7. The molecule has 0 unspecified atom stereocenters. The monoisotopic (exact) mass is 355 g/mol. The van der Waals surface area contributed by atoms with Crippen molar-refractivity contribution in [3.8, 4) is 0 Å². The minimum Gasteiger partial charge on any atom is -0.351 e. The fraction of sp³-hybridized carbons (Fsp3) is 0.467. The number of hydrogen-bond donors (Lipinski definition) is 3. The molecule has 0 spiro atoms. The Morgan fingerprint density at radius 3 is 2.52 bits per heavy atom. The number of nitrogens with one attached hydrogen (secondary N) is 3. The smallest absolute Gasteiger partial charge is 0.238 e. The largest absolute Gasteiger partial charge is 0.351 e. The molecule has 3 N–H and O–H groups in total. The molecule has 0 radical (unpaired) electrons. The van der Waals surface area contributed by atoms with Gasteiger partial charge in [-0.1, -0.05) is 22.0 Å². The van der Waals surface area contributed by atoms with Gasteiger partial charge in [-0.3, -0.25) is 9.59 Å². The summed E-state index contributed by atoms with van der Waals surface area (Å²) < 4.78 is 0.909. The molecule has 0 aliphatic carbocycles. The Morgan fingerprint density at radius 2 is 1.90 bits per heavy atom. The van der Waals surface area contributed by atoms with E-state index in [1.54, 1.807) is 0 Å². The van der Waals surface area contributed by atoms with Gasteiger partial charge in [0.25, 0.3) is 0 Å². The lowest BCUT2D eigenvalue weighted by Crippen LogP contribution is -2.42. The highest BCUT2D eigenvalue weighted by Crippen LogP contribution is 2.15. The van der Waals surface area contributed by atoms with Crippen molar-refractivity contribution in [3.05, 3.63) is 28.7 Å². The van der Waals surface area contributed by atoms with E-state index >= 15 is 0 Å². The average Bonchev–Trinajstić information content (AvgIpc) is 2.32. The first kappa shape index (κ1) is 17.7. The van der Waals surface area contributed by atoms with Crippen molar-refractivity contribution in [2.45, 2.75) is 32.7 Å². The van der Waals surface area contributed by atoms with Crippen LogP contribution < -0.4 is 16.0 Å². The number of rotatable bonds is 6. The van der Waals surface area contributed by atoms with E-state index in [0.29, 0.717) is 13.0 Å². The summed E-state index contributed by atoms with van der Waals surface area (Å²) in [6, 6.07) is 7.39. The first-order valence-corrected chi connectivity index (χ1v) is 7.63. The average molecular weight is 356 g/mol. The quantitative estimate of drug-likeness (QED) is 0.685. The van der Waals surface area contributed by atoms with E-state index in [1.807, 2.05) is 45.0 Å². The Bertz CT molecular complexity index is 498. The third-order valence-electron chi connectivity index (χ3n) is 2.44. The van der Waals surface area contributed by atoms with Gasteiger partial charge in [0.2, 0.25) is 11.8 Å². The summed E-state index contributed by atoms with van der Waals surface area (Å²) in [6.07, 6.45) is 0.349. The predicted molar refractivity (Wildman–Crippen MR) is 88.2 cm³/mol. The standard InChI is InChI=1S/C15H22BrN3O2/c1-15(2,3)19-13(20)7-8-17-10-14(21)18-12-6-4-5-11(16)9-12/h4-6,9,17H,7-8,10H2,1-3H3,(H,18,21)(H,19,20). The Morgan fingerprint density at radius 1 is 1.19 bits per heavy atom. The van der Waals surface area contributed by atoms with Crippen molar-refractivity contribution in [3.63, 3.8) is 0 Å². The van der Waals surface area contributed by atoms with Crippen LogP contribution in [0, 0.1) is 0 Å². The van der Waals surface area contributed by atoms with Gasteiger partial charge in [-0.2, -0.15) is 0 Å². The van der Waals surface area contributed by atoms with Crippen LogP contribution in [-0.4, -0.2) is 30.4 Å². The SMILES string of the molecule is CC(C)(C)NC(=O)CCNCC(=O)Nc1cccc(Br)c1. The van der Waals surface area contributed by atoms with E-state index in [9.17, 15) is 9.59 Å². The Kier molecular flexibility index (Phi) is 6.84. The van der Waals surface area contributed by atoms with Crippen molar-refractivity contribution >= 4 is 33.4 Å². The van der Waals surface area contributed by atoms with Crippen LogP contribution in [0.3, 0.4) is 0 Å². The van der Waals surface area contributed by atoms with Gasteiger partial charge in [0, 0.05) is 28.7 Å². The maximum atomic E-state index is 11.7. The van der Waals surface area contributed by atoms with Gasteiger partial charge in [0.1, 0.15) is 0 Å². The van der Waals surface area contributed by atoms with Crippen molar-refractivity contribution in [2.75, 3.05) is 18.4 Å². The molecule has 0 aliphatic rings. The summed E-state index contributed by atoms with van der Waals surface area (Å²) in [4.78, 5) is 23.3. The second-order valence-corrected chi connectivity index (χ2v) is 6.70. The molecule has 0 aliphatic heterocycles. The lowest BCUT2D eigenvalue weighted by Gasteiger charge is -2.20. The molecule has 0 bridgehead atoms. The van der Waals surface area contributed by atoms with Crippen LogP contribution >= 0.6 is 15.9 Å². The number of hydrogen-bond acceptors (Lipinski definition) is 3. The lowest BCUT2D eigenvalue weighted by atomic mass is 10.1. The van der Waals surface area contributed by atoms with Crippen LogP contribution in [0.25, 0.3) is 0 Å². The molecule has 0 heterocycles. The number of carbonyl (C=O) groups is 2. The molecule has 1 aromatic rings. The highest BCUT2D eigenvalue weighted by Gasteiger charge is 2.13. The molecule has 0 atom stereocenters. The van der Waals surface area contributed by atoms with Crippen LogP contribution in [0.4, 0.5) is 5.69 Å². The number of carbonyl (C=O) groups excluding carboxylic acids is 2. The number of benzene rings is 1. The fourth-order valence-corrected chi connectivity index (χ4v) is 2.06. The molecular weight excluding hydrogens is 334 g/mol. The summed E-state index contributed by atoms with van der Waals surface area (Å²) in [5.41, 5.74) is 0.511. The number of anilines is 1. The second kappa shape index (κ2) is 8.14. The summed E-state index contributed by atoms with van der Waals surface area (Å²) in [6.45, 7) is 6.44. The van der Waals surface area contributed by atoms with E-state index in [2.05, 4.69) is 31.9 Å². The van der Waals surface area contributed by atoms with E-state index in [1.165, 1.54) is 0 Å². The highest BCUT2D eigenvalue weighted by atomic mass is 79.9. The van der Waals surface area contributed by atoms with Gasteiger partial charge >= 0.3 is 0 Å². The normalized spacial score (nSPS) is 11.0. The van der Waals surface area contributed by atoms with E-state index in [0.717, 1.165) is 10.2 Å². The second-order valence-electron chi connectivity index (χ2n) is 5.78. The summed E-state index contributed by atoms with van der Waals surface area (Å²) in [5, 5.41) is 8.60. The van der Waals surface area contributed by atoms with Crippen LogP contribution in [0.15, 0.2) is 28.7 Å². The summed E-state index contributed by atoms with van der Waals surface area (Å²) in [7, 11) is 0. The van der Waals surface area contributed by atoms with Crippen LogP contribution in [0.2, 0.25) is 0 Å². The molecule has 0 saturated carbocycles. The third kappa shape index (κ3) is 8.47. The first-order chi connectivity index (χ1) is 9.76.